The molecule has 1 fully saturated rings. The topological polar surface area (TPSA) is 157 Å². The summed E-state index contributed by atoms with van der Waals surface area (Å²) in [6, 6.07) is 4.79. The predicted molar refractivity (Wildman–Crippen MR) is 118 cm³/mol. The lowest BCUT2D eigenvalue weighted by Crippen LogP contribution is -2.48. The standard InChI is InChI=1S/C20H22N8O3S/c1-12-15-9-13-10-23-19(24-16-6-5-14(11-22-16)32(21,30)31)25-17(13)28(15)20(18(29)27-26-12)7-3-2-4-8-20/h5-6,9-11H,2-4,7-8H2,1H3,(H,27,29)(H2,21,30,31)(H,22,23,24,25). The predicted octanol–water partition coefficient (Wildman–Crippen LogP) is 1.73. The molecule has 1 aliphatic carbocycles. The van der Waals surface area contributed by atoms with E-state index in [0.717, 1.165) is 30.3 Å². The molecule has 0 bridgehead atoms. The normalized spacial score (nSPS) is 18.1. The van der Waals surface area contributed by atoms with Gasteiger partial charge in [-0.05, 0) is 38.0 Å². The van der Waals surface area contributed by atoms with Crippen LogP contribution in [-0.2, 0) is 20.4 Å². The first-order valence-electron chi connectivity index (χ1n) is 10.3. The van der Waals surface area contributed by atoms with E-state index in [1.807, 2.05) is 17.6 Å². The minimum atomic E-state index is -3.83. The molecule has 4 heterocycles. The highest BCUT2D eigenvalue weighted by atomic mass is 32.2. The molecular formula is C20H22N8O3S. The summed E-state index contributed by atoms with van der Waals surface area (Å²) in [6.07, 6.45) is 7.26. The molecular weight excluding hydrogens is 432 g/mol. The molecule has 4 N–H and O–H groups in total. The molecule has 1 spiro atoms. The molecule has 0 radical (unpaired) electrons. The molecule has 166 valence electrons. The number of carbonyl (C=O) groups is 1. The molecule has 2 aliphatic rings. The van der Waals surface area contributed by atoms with Crippen molar-refractivity contribution in [1.29, 1.82) is 0 Å². The van der Waals surface area contributed by atoms with Crippen LogP contribution in [0.2, 0.25) is 0 Å². The fourth-order valence-electron chi connectivity index (χ4n) is 4.47. The summed E-state index contributed by atoms with van der Waals surface area (Å²) in [5.74, 6) is 0.517. The Kier molecular flexibility index (Phi) is 4.71. The van der Waals surface area contributed by atoms with Crippen LogP contribution in [0.25, 0.3) is 11.0 Å². The van der Waals surface area contributed by atoms with Gasteiger partial charge in [0.15, 0.2) is 0 Å². The second kappa shape index (κ2) is 7.35. The van der Waals surface area contributed by atoms with E-state index in [2.05, 4.69) is 25.8 Å². The number of carbonyl (C=O) groups excluding carboxylic acids is 1. The van der Waals surface area contributed by atoms with Crippen molar-refractivity contribution in [2.75, 3.05) is 5.32 Å². The number of hydrogen-bond donors (Lipinski definition) is 3. The highest BCUT2D eigenvalue weighted by molar-refractivity contribution is 7.89. The van der Waals surface area contributed by atoms with Crippen molar-refractivity contribution in [2.45, 2.75) is 49.5 Å². The van der Waals surface area contributed by atoms with Gasteiger partial charge in [0.25, 0.3) is 5.91 Å². The summed E-state index contributed by atoms with van der Waals surface area (Å²) in [5, 5.41) is 13.2. The van der Waals surface area contributed by atoms with Crippen molar-refractivity contribution in [3.63, 3.8) is 0 Å². The highest BCUT2D eigenvalue weighted by Gasteiger charge is 2.45. The molecule has 1 amide bonds. The smallest absolute Gasteiger partial charge is 0.266 e. The fraction of sp³-hybridized carbons (Fsp3) is 0.350. The molecule has 1 aliphatic heterocycles. The van der Waals surface area contributed by atoms with Crippen molar-refractivity contribution < 1.29 is 13.2 Å². The van der Waals surface area contributed by atoms with E-state index in [1.54, 1.807) is 6.20 Å². The number of nitrogens with two attached hydrogens (primary N) is 1. The molecule has 0 saturated heterocycles. The number of amides is 1. The Morgan fingerprint density at radius 1 is 1.16 bits per heavy atom. The van der Waals surface area contributed by atoms with Crippen molar-refractivity contribution >= 4 is 44.4 Å². The van der Waals surface area contributed by atoms with Crippen molar-refractivity contribution in [3.8, 4) is 0 Å². The Labute approximate surface area is 184 Å². The molecule has 0 atom stereocenters. The molecule has 0 unspecified atom stereocenters. The largest absolute Gasteiger partial charge is 0.309 e. The minimum absolute atomic E-state index is 0.0867. The lowest BCUT2D eigenvalue weighted by atomic mass is 9.80. The van der Waals surface area contributed by atoms with Gasteiger partial charge in [0.05, 0.1) is 11.4 Å². The van der Waals surface area contributed by atoms with Crippen molar-refractivity contribution in [1.82, 2.24) is 24.9 Å². The summed E-state index contributed by atoms with van der Waals surface area (Å²) in [4.78, 5) is 26.2. The van der Waals surface area contributed by atoms with Gasteiger partial charge in [0, 0.05) is 17.8 Å². The van der Waals surface area contributed by atoms with Crippen LogP contribution in [0.4, 0.5) is 11.8 Å². The summed E-state index contributed by atoms with van der Waals surface area (Å²) in [6.45, 7) is 1.86. The number of hydrogen-bond acceptors (Lipinski definition) is 8. The van der Waals surface area contributed by atoms with Crippen LogP contribution in [0.15, 0.2) is 40.6 Å². The maximum absolute atomic E-state index is 13.2. The van der Waals surface area contributed by atoms with E-state index < -0.39 is 15.6 Å². The number of sulfonamides is 1. The van der Waals surface area contributed by atoms with Crippen LogP contribution < -0.4 is 15.9 Å². The quantitative estimate of drug-likeness (QED) is 0.544. The second-order valence-electron chi connectivity index (χ2n) is 8.12. The van der Waals surface area contributed by atoms with Gasteiger partial charge in [0.1, 0.15) is 21.9 Å². The number of primary sulfonamides is 1. The number of aromatic nitrogens is 4. The van der Waals surface area contributed by atoms with Gasteiger partial charge in [-0.15, -0.1) is 0 Å². The number of pyridine rings is 1. The van der Waals surface area contributed by atoms with E-state index in [4.69, 9.17) is 10.1 Å². The van der Waals surface area contributed by atoms with E-state index in [-0.39, 0.29) is 16.8 Å². The second-order valence-corrected chi connectivity index (χ2v) is 9.68. The van der Waals surface area contributed by atoms with Gasteiger partial charge >= 0.3 is 0 Å². The first-order valence-corrected chi connectivity index (χ1v) is 11.8. The first kappa shape index (κ1) is 20.5. The summed E-state index contributed by atoms with van der Waals surface area (Å²) < 4.78 is 24.9. The molecule has 1 saturated carbocycles. The Bertz CT molecular complexity index is 1360. The maximum atomic E-state index is 13.2. The third-order valence-electron chi connectivity index (χ3n) is 6.07. The number of rotatable bonds is 3. The molecule has 3 aromatic heterocycles. The molecule has 3 aromatic rings. The number of anilines is 2. The summed E-state index contributed by atoms with van der Waals surface area (Å²) >= 11 is 0. The van der Waals surface area contributed by atoms with Crippen LogP contribution in [0.5, 0.6) is 0 Å². The van der Waals surface area contributed by atoms with Crippen LogP contribution >= 0.6 is 0 Å². The number of fused-ring (bicyclic) bond motifs is 4. The van der Waals surface area contributed by atoms with Crippen LogP contribution in [0.3, 0.4) is 0 Å². The third-order valence-corrected chi connectivity index (χ3v) is 6.97. The first-order chi connectivity index (χ1) is 15.3. The number of hydrazone groups is 1. The molecule has 12 heteroatoms. The van der Waals surface area contributed by atoms with Crippen LogP contribution in [0.1, 0.15) is 44.7 Å². The van der Waals surface area contributed by atoms with Crippen LogP contribution in [-0.4, -0.2) is 39.6 Å². The maximum Gasteiger partial charge on any atom is 0.266 e. The van der Waals surface area contributed by atoms with Crippen molar-refractivity contribution in [3.05, 3.63) is 36.3 Å². The minimum Gasteiger partial charge on any atom is -0.309 e. The monoisotopic (exact) mass is 454 g/mol. The van der Waals surface area contributed by atoms with E-state index in [1.165, 1.54) is 18.3 Å². The number of nitrogens with one attached hydrogen (secondary N) is 2. The lowest BCUT2D eigenvalue weighted by molar-refractivity contribution is -0.131. The Morgan fingerprint density at radius 2 is 1.94 bits per heavy atom. The zero-order valence-corrected chi connectivity index (χ0v) is 18.2. The van der Waals surface area contributed by atoms with E-state index in [9.17, 15) is 13.2 Å². The van der Waals surface area contributed by atoms with Crippen molar-refractivity contribution in [2.24, 2.45) is 10.2 Å². The Morgan fingerprint density at radius 3 is 2.62 bits per heavy atom. The number of nitrogens with zero attached hydrogens (tertiary/aromatic N) is 5. The molecule has 32 heavy (non-hydrogen) atoms. The Hall–Kier alpha value is -3.38. The highest BCUT2D eigenvalue weighted by Crippen LogP contribution is 2.40. The van der Waals surface area contributed by atoms with E-state index in [0.29, 0.717) is 30.0 Å². The fourth-order valence-corrected chi connectivity index (χ4v) is 4.93. The van der Waals surface area contributed by atoms with Gasteiger partial charge in [-0.1, -0.05) is 19.3 Å². The third kappa shape index (κ3) is 3.31. The van der Waals surface area contributed by atoms with Gasteiger partial charge in [-0.2, -0.15) is 10.1 Å². The lowest BCUT2D eigenvalue weighted by Gasteiger charge is -2.37. The van der Waals surface area contributed by atoms with Gasteiger partial charge in [-0.3, -0.25) is 4.79 Å². The van der Waals surface area contributed by atoms with Gasteiger partial charge in [-0.25, -0.2) is 29.0 Å². The summed E-state index contributed by atoms with van der Waals surface area (Å²) in [7, 11) is -3.83. The zero-order valence-electron chi connectivity index (χ0n) is 17.4. The molecule has 11 nitrogen and oxygen atoms in total. The molecule has 5 rings (SSSR count). The average molecular weight is 455 g/mol. The van der Waals surface area contributed by atoms with E-state index >= 15 is 0 Å². The Balaban J connectivity index is 1.60. The summed E-state index contributed by atoms with van der Waals surface area (Å²) in [5.41, 5.74) is 4.14. The average Bonchev–Trinajstić information content (AvgIpc) is 3.13. The van der Waals surface area contributed by atoms with Gasteiger partial charge < -0.3 is 9.88 Å². The SMILES string of the molecule is CC1=NNC(=O)C2(CCCCC2)n2c1cc1cnc(Nc3ccc(S(N)(=O)=O)cn3)nc12. The molecule has 0 aromatic carbocycles. The van der Waals surface area contributed by atoms with Crippen LogP contribution in [0, 0.1) is 0 Å². The van der Waals surface area contributed by atoms with Gasteiger partial charge in [0.2, 0.25) is 16.0 Å². The zero-order chi connectivity index (χ0) is 22.5.